The summed E-state index contributed by atoms with van der Waals surface area (Å²) in [6.45, 7) is 6.29. The summed E-state index contributed by atoms with van der Waals surface area (Å²) in [6.07, 6.45) is 92.0. The molecule has 0 aromatic carbocycles. The van der Waals surface area contributed by atoms with Gasteiger partial charge in [-0.15, -0.1) is 0 Å². The molecule has 0 saturated heterocycles. The molecule has 0 saturated carbocycles. The first-order valence-corrected chi connectivity index (χ1v) is 30.1. The summed E-state index contributed by atoms with van der Waals surface area (Å²) in [7, 11) is 0. The van der Waals surface area contributed by atoms with Gasteiger partial charge in [-0.2, -0.15) is 0 Å². The van der Waals surface area contributed by atoms with Crippen LogP contribution in [0.2, 0.25) is 0 Å². The van der Waals surface area contributed by atoms with E-state index in [2.05, 4.69) is 191 Å². The normalized spacial score (nSPS) is 13.4. The van der Waals surface area contributed by atoms with E-state index in [1.165, 1.54) is 19.3 Å². The van der Waals surface area contributed by atoms with Gasteiger partial charge in [0.1, 0.15) is 13.2 Å². The van der Waals surface area contributed by atoms with Crippen LogP contribution in [-0.2, 0) is 28.6 Å². The maximum Gasteiger partial charge on any atom is 0.306 e. The fraction of sp³-hybridized carbons (Fsp3) is 0.557. The lowest BCUT2D eigenvalue weighted by Crippen LogP contribution is -2.30. The molecule has 6 nitrogen and oxygen atoms in total. The van der Waals surface area contributed by atoms with Gasteiger partial charge in [-0.3, -0.25) is 14.4 Å². The van der Waals surface area contributed by atoms with Crippen LogP contribution in [-0.4, -0.2) is 37.2 Å². The molecule has 0 aromatic rings. The van der Waals surface area contributed by atoms with Gasteiger partial charge in [0.25, 0.3) is 0 Å². The van der Waals surface area contributed by atoms with Crippen LogP contribution < -0.4 is 0 Å². The predicted octanol–water partition coefficient (Wildman–Crippen LogP) is 20.7. The molecule has 0 aliphatic rings. The van der Waals surface area contributed by atoms with Gasteiger partial charge in [0.2, 0.25) is 0 Å². The topological polar surface area (TPSA) is 78.9 Å². The van der Waals surface area contributed by atoms with Crippen LogP contribution in [0, 0.1) is 0 Å². The van der Waals surface area contributed by atoms with Crippen molar-refractivity contribution in [3.8, 4) is 0 Å². The molecule has 0 amide bonds. The molecular weight excluding hydrogens is 937 g/mol. The predicted molar refractivity (Wildman–Crippen MR) is 329 cm³/mol. The number of ether oxygens (including phenoxy) is 3. The largest absolute Gasteiger partial charge is 0.462 e. The van der Waals surface area contributed by atoms with Gasteiger partial charge in [-0.1, -0.05) is 236 Å². The van der Waals surface area contributed by atoms with Crippen molar-refractivity contribution in [2.75, 3.05) is 13.2 Å². The van der Waals surface area contributed by atoms with Crippen LogP contribution in [0.25, 0.3) is 0 Å². The Morgan fingerprint density at radius 3 is 0.816 bits per heavy atom. The average molecular weight is 1050 g/mol. The Labute approximate surface area is 466 Å². The Balaban J connectivity index is 4.54. The van der Waals surface area contributed by atoms with E-state index in [9.17, 15) is 14.4 Å². The molecule has 0 N–H and O–H groups in total. The highest BCUT2D eigenvalue weighted by Crippen LogP contribution is 2.12. The quantitative estimate of drug-likeness (QED) is 0.0261. The van der Waals surface area contributed by atoms with Crippen molar-refractivity contribution in [1.29, 1.82) is 0 Å². The molecule has 0 radical (unpaired) electrons. The second kappa shape index (κ2) is 62.3. The van der Waals surface area contributed by atoms with Gasteiger partial charge in [-0.25, -0.2) is 0 Å². The molecule has 0 bridgehead atoms. The SMILES string of the molecule is CC/C=C\C/C=C\C/C=C\C/C=C\C/C=C\C/C=C\C/C=C\CCCCCC(=O)OCC(COC(=O)CCCCCCC/C=C\C/C=C\CCCC)OC(=O)CCCCC/C=C\C/C=C\C/C=C\C/C=C\C/C=C\CC. The van der Waals surface area contributed by atoms with Crippen LogP contribution in [0.4, 0.5) is 0 Å². The van der Waals surface area contributed by atoms with E-state index in [1.807, 2.05) is 0 Å². The van der Waals surface area contributed by atoms with E-state index >= 15 is 0 Å². The van der Waals surface area contributed by atoms with Crippen molar-refractivity contribution in [2.45, 2.75) is 239 Å². The fourth-order valence-electron chi connectivity index (χ4n) is 7.46. The van der Waals surface area contributed by atoms with Crippen LogP contribution in [0.1, 0.15) is 233 Å². The number of esters is 3. The summed E-state index contributed by atoms with van der Waals surface area (Å²) in [5.41, 5.74) is 0. The van der Waals surface area contributed by atoms with Crippen molar-refractivity contribution in [1.82, 2.24) is 0 Å². The summed E-state index contributed by atoms with van der Waals surface area (Å²) < 4.78 is 16.8. The maximum atomic E-state index is 12.9. The van der Waals surface area contributed by atoms with E-state index in [0.29, 0.717) is 19.3 Å². The van der Waals surface area contributed by atoms with Crippen LogP contribution in [0.15, 0.2) is 170 Å². The summed E-state index contributed by atoms with van der Waals surface area (Å²) in [5, 5.41) is 0. The summed E-state index contributed by atoms with van der Waals surface area (Å²) in [5.74, 6) is -1.01. The molecule has 0 aliphatic heterocycles. The Morgan fingerprint density at radius 2 is 0.513 bits per heavy atom. The average Bonchev–Trinajstić information content (AvgIpc) is 3.42. The molecule has 0 fully saturated rings. The monoisotopic (exact) mass is 1040 g/mol. The van der Waals surface area contributed by atoms with Crippen molar-refractivity contribution >= 4 is 17.9 Å². The lowest BCUT2D eigenvalue weighted by atomic mass is 10.1. The first kappa shape index (κ1) is 70.8. The zero-order valence-electron chi connectivity index (χ0n) is 48.4. The first-order valence-electron chi connectivity index (χ1n) is 30.1. The van der Waals surface area contributed by atoms with E-state index in [-0.39, 0.29) is 37.5 Å². The molecule has 0 heterocycles. The Bertz CT molecular complexity index is 1770. The number of unbranched alkanes of at least 4 members (excludes halogenated alkanes) is 13. The van der Waals surface area contributed by atoms with Crippen molar-refractivity contribution in [3.63, 3.8) is 0 Å². The molecule has 0 aromatic heterocycles. The van der Waals surface area contributed by atoms with Crippen molar-refractivity contribution in [3.05, 3.63) is 170 Å². The molecular formula is C70H108O6. The van der Waals surface area contributed by atoms with Crippen LogP contribution in [0.3, 0.4) is 0 Å². The zero-order chi connectivity index (χ0) is 55.0. The van der Waals surface area contributed by atoms with Crippen molar-refractivity contribution in [2.24, 2.45) is 0 Å². The summed E-state index contributed by atoms with van der Waals surface area (Å²) >= 11 is 0. The van der Waals surface area contributed by atoms with Gasteiger partial charge in [0.15, 0.2) is 6.10 Å². The lowest BCUT2D eigenvalue weighted by molar-refractivity contribution is -0.167. The first-order chi connectivity index (χ1) is 37.5. The van der Waals surface area contributed by atoms with Crippen LogP contribution >= 0.6 is 0 Å². The number of allylic oxidation sites excluding steroid dienone is 28. The molecule has 1 atom stereocenters. The second-order valence-corrected chi connectivity index (χ2v) is 19.1. The Kier molecular flexibility index (Phi) is 58.0. The third-order valence-corrected chi connectivity index (χ3v) is 11.9. The number of rotatable bonds is 52. The minimum absolute atomic E-state index is 0.118. The van der Waals surface area contributed by atoms with E-state index in [1.54, 1.807) is 0 Å². The highest BCUT2D eigenvalue weighted by molar-refractivity contribution is 5.71. The van der Waals surface area contributed by atoms with Gasteiger partial charge < -0.3 is 14.2 Å². The summed E-state index contributed by atoms with van der Waals surface area (Å²) in [4.78, 5) is 38.2. The van der Waals surface area contributed by atoms with Crippen molar-refractivity contribution < 1.29 is 28.6 Å². The Morgan fingerprint density at radius 1 is 0.276 bits per heavy atom. The van der Waals surface area contributed by atoms with Gasteiger partial charge in [0.05, 0.1) is 0 Å². The fourth-order valence-corrected chi connectivity index (χ4v) is 7.46. The molecule has 0 spiro atoms. The van der Waals surface area contributed by atoms with E-state index < -0.39 is 6.10 Å². The van der Waals surface area contributed by atoms with Crippen LogP contribution in [0.5, 0.6) is 0 Å². The highest BCUT2D eigenvalue weighted by Gasteiger charge is 2.19. The molecule has 6 heteroatoms. The Hall–Kier alpha value is -5.23. The standard InChI is InChI=1S/C70H108O6/c1-4-7-10-13-16-19-22-25-28-30-32-33-34-35-36-37-39-40-42-45-48-51-54-57-60-63-69(72)75-66-67(65-74-68(71)62-59-56-53-50-47-44-27-24-21-18-15-12-9-6-3)76-70(73)64-61-58-55-52-49-46-43-41-38-31-29-26-23-20-17-14-11-8-5-2/h7-8,10-11,15-20,24-29,32-33,35-36,38-41,45-46,48-49,67H,4-6,9,12-14,21-23,30-31,34,37,42-44,47,50-66H2,1-3H3/b10-7-,11-8-,18-15-,19-16-,20-17-,27-24-,28-25-,29-26-,33-32-,36-35-,40-39-,41-38-,48-45-,49-46-. The highest BCUT2D eigenvalue weighted by atomic mass is 16.6. The number of hydrogen-bond acceptors (Lipinski definition) is 6. The maximum absolute atomic E-state index is 12.9. The number of carbonyl (C=O) groups is 3. The molecule has 1 unspecified atom stereocenters. The van der Waals surface area contributed by atoms with Gasteiger partial charge in [0, 0.05) is 19.3 Å². The van der Waals surface area contributed by atoms with E-state index in [0.717, 1.165) is 167 Å². The van der Waals surface area contributed by atoms with Gasteiger partial charge in [-0.05, 0) is 148 Å². The molecule has 424 valence electrons. The molecule has 0 rings (SSSR count). The second-order valence-electron chi connectivity index (χ2n) is 19.1. The third-order valence-electron chi connectivity index (χ3n) is 11.9. The minimum atomic E-state index is -0.826. The minimum Gasteiger partial charge on any atom is -0.462 e. The zero-order valence-corrected chi connectivity index (χ0v) is 48.4. The molecule has 0 aliphatic carbocycles. The van der Waals surface area contributed by atoms with Gasteiger partial charge >= 0.3 is 17.9 Å². The third kappa shape index (κ3) is 59.6. The number of hydrogen-bond donors (Lipinski definition) is 0. The smallest absolute Gasteiger partial charge is 0.306 e. The van der Waals surface area contributed by atoms with E-state index in [4.69, 9.17) is 14.2 Å². The number of carbonyl (C=O) groups excluding carboxylic acids is 3. The summed E-state index contributed by atoms with van der Waals surface area (Å²) in [6, 6.07) is 0. The molecule has 76 heavy (non-hydrogen) atoms. The lowest BCUT2D eigenvalue weighted by Gasteiger charge is -2.18.